The van der Waals surface area contributed by atoms with Crippen molar-refractivity contribution in [1.82, 2.24) is 42.5 Å². The number of phenolic OH excluding ortho intramolecular Hbond substituents is 1. The van der Waals surface area contributed by atoms with Crippen LogP contribution in [0.5, 0.6) is 5.75 Å². The number of amides is 7. The number of guanidine groups is 1. The van der Waals surface area contributed by atoms with Gasteiger partial charge in [0.25, 0.3) is 0 Å². The molecule has 0 aromatic heterocycles. The van der Waals surface area contributed by atoms with Crippen molar-refractivity contribution in [3.05, 3.63) is 29.8 Å². The Morgan fingerprint density at radius 1 is 0.696 bits per heavy atom. The van der Waals surface area contributed by atoms with Crippen molar-refractivity contribution in [1.29, 1.82) is 5.41 Å². The number of nitrogens with one attached hydrogen (secondary N) is 9. The summed E-state index contributed by atoms with van der Waals surface area (Å²) in [5.74, 6) is -12.8. The molecule has 2 rings (SSSR count). The topological polar surface area (TPSA) is 297 Å². The van der Waals surface area contributed by atoms with Crippen LogP contribution >= 0.6 is 0 Å². The molecule has 0 radical (unpaired) electrons. The number of phenols is 1. The molecule has 1 aromatic rings. The Kier molecular flexibility index (Phi) is 17.3. The minimum atomic E-state index is -5.29. The first-order valence-electron chi connectivity index (χ1n) is 16.6. The predicted molar refractivity (Wildman–Crippen MR) is 177 cm³/mol. The highest BCUT2D eigenvalue weighted by Crippen LogP contribution is 2.16. The third-order valence-corrected chi connectivity index (χ3v) is 7.66. The minimum absolute atomic E-state index is 0.114. The van der Waals surface area contributed by atoms with Crippen LogP contribution in [0.25, 0.3) is 0 Å². The highest BCUT2D eigenvalue weighted by Gasteiger charge is 2.40. The Labute approximate surface area is 313 Å². The molecule has 310 valence electrons. The summed E-state index contributed by atoms with van der Waals surface area (Å²) in [6.45, 7) is -1.71. The van der Waals surface area contributed by atoms with E-state index in [-0.39, 0.29) is 50.8 Å². The van der Waals surface area contributed by atoms with Crippen LogP contribution in [0.2, 0.25) is 0 Å². The van der Waals surface area contributed by atoms with Crippen LogP contribution in [0.15, 0.2) is 24.3 Å². The third-order valence-electron chi connectivity index (χ3n) is 7.66. The average molecular weight is 812 g/mol. The van der Waals surface area contributed by atoms with Crippen molar-refractivity contribution >= 4 is 53.3 Å². The average Bonchev–Trinajstić information content (AvgIpc) is 3.09. The lowest BCUT2D eigenvalue weighted by atomic mass is 10.0. The number of carbonyl (C=O) groups excluding carboxylic acids is 7. The summed E-state index contributed by atoms with van der Waals surface area (Å²) in [6, 6.07) is -1.26. The summed E-state index contributed by atoms with van der Waals surface area (Å²) in [5, 5.41) is 42.9. The fourth-order valence-electron chi connectivity index (χ4n) is 4.88. The number of carbonyl (C=O) groups is 8. The lowest BCUT2D eigenvalue weighted by molar-refractivity contribution is -0.173. The van der Waals surface area contributed by atoms with E-state index in [0.717, 1.165) is 0 Å². The van der Waals surface area contributed by atoms with E-state index in [1.54, 1.807) is 5.32 Å². The zero-order valence-electron chi connectivity index (χ0n) is 29.1. The molecule has 1 aliphatic heterocycles. The normalized spacial score (nSPS) is 20.1. The second kappa shape index (κ2) is 21.1. The van der Waals surface area contributed by atoms with Gasteiger partial charge in [-0.25, -0.2) is 0 Å². The Morgan fingerprint density at radius 2 is 1.21 bits per heavy atom. The number of benzene rings is 1. The fourth-order valence-corrected chi connectivity index (χ4v) is 4.88. The first-order chi connectivity index (χ1) is 26.1. The second-order valence-electron chi connectivity index (χ2n) is 12.1. The summed E-state index contributed by atoms with van der Waals surface area (Å²) >= 11 is 0. The molecule has 1 aliphatic rings. The fraction of sp³-hybridized carbons (Fsp3) is 0.516. The van der Waals surface area contributed by atoms with Gasteiger partial charge in [0.2, 0.25) is 29.5 Å². The highest BCUT2D eigenvalue weighted by atomic mass is 19.4. The van der Waals surface area contributed by atoms with Crippen molar-refractivity contribution in [3.8, 4) is 5.75 Å². The van der Waals surface area contributed by atoms with E-state index in [2.05, 4.69) is 31.9 Å². The Balaban J connectivity index is 2.40. The highest BCUT2D eigenvalue weighted by molar-refractivity contribution is 5.99. The van der Waals surface area contributed by atoms with Crippen LogP contribution in [-0.4, -0.2) is 120 Å². The predicted octanol–water partition coefficient (Wildman–Crippen LogP) is -1.69. The van der Waals surface area contributed by atoms with Gasteiger partial charge in [-0.05, 0) is 49.8 Å². The van der Waals surface area contributed by atoms with E-state index in [4.69, 9.17) is 5.41 Å². The molecular formula is C31H39F6N9O10. The van der Waals surface area contributed by atoms with E-state index in [0.29, 0.717) is 5.56 Å². The van der Waals surface area contributed by atoms with Crippen LogP contribution < -0.4 is 42.5 Å². The van der Waals surface area contributed by atoms with Gasteiger partial charge in [-0.1, -0.05) is 12.1 Å². The number of hydrogen-bond acceptors (Lipinski definition) is 10. The first-order valence-corrected chi connectivity index (χ1v) is 16.6. The first kappa shape index (κ1) is 46.0. The molecule has 0 saturated carbocycles. The van der Waals surface area contributed by atoms with Crippen molar-refractivity contribution < 1.29 is 74.9 Å². The van der Waals surface area contributed by atoms with Crippen molar-refractivity contribution in [2.45, 2.75) is 81.5 Å². The summed E-state index contributed by atoms with van der Waals surface area (Å²) in [5.41, 5.74) is 0.343. The van der Waals surface area contributed by atoms with Gasteiger partial charge in [0.05, 0.1) is 13.0 Å². The van der Waals surface area contributed by atoms with Gasteiger partial charge < -0.3 is 47.4 Å². The lowest BCUT2D eigenvalue weighted by Crippen LogP contribution is -2.58. The monoisotopic (exact) mass is 811 g/mol. The molecule has 1 heterocycles. The number of alkyl halides is 6. The number of carboxylic acid groups (broad SMARTS) is 1. The maximum Gasteiger partial charge on any atom is 0.471 e. The van der Waals surface area contributed by atoms with Gasteiger partial charge in [0.15, 0.2) is 5.96 Å². The molecule has 0 bridgehead atoms. The van der Waals surface area contributed by atoms with Crippen molar-refractivity contribution in [2.24, 2.45) is 0 Å². The summed E-state index contributed by atoms with van der Waals surface area (Å²) in [4.78, 5) is 100. The molecule has 11 N–H and O–H groups in total. The number of halogens is 6. The smallest absolute Gasteiger partial charge is 0.471 e. The molecule has 1 fully saturated rings. The third kappa shape index (κ3) is 16.5. The molecule has 0 spiro atoms. The number of hydrogen-bond donors (Lipinski definition) is 11. The van der Waals surface area contributed by atoms with Crippen LogP contribution in [0.1, 0.15) is 44.1 Å². The maximum absolute atomic E-state index is 13.7. The van der Waals surface area contributed by atoms with E-state index in [1.165, 1.54) is 29.6 Å². The molecule has 0 unspecified atom stereocenters. The zero-order chi connectivity index (χ0) is 42.2. The summed E-state index contributed by atoms with van der Waals surface area (Å²) in [7, 11) is 0. The van der Waals surface area contributed by atoms with Gasteiger partial charge in [-0.3, -0.25) is 49.1 Å². The van der Waals surface area contributed by atoms with Crippen LogP contribution in [-0.2, 0) is 44.8 Å². The number of aliphatic carboxylic acids is 1. The SMILES string of the molecule is N=C(NCCC[C@@H]1NC(=O)[C@H](CCCCNC(=O)C(F)(F)F)NC(=O)[C@@H](Cc2ccc(O)cc2)NC(=O)[C@H](CC(=O)O)NC(=O)CNC1=O)NC(=O)C(F)(F)F. The molecule has 25 heteroatoms. The van der Waals surface area contributed by atoms with Crippen molar-refractivity contribution in [3.63, 3.8) is 0 Å². The van der Waals surface area contributed by atoms with Gasteiger partial charge in [0.1, 0.15) is 29.9 Å². The number of rotatable bonds is 13. The van der Waals surface area contributed by atoms with Crippen LogP contribution in [0.4, 0.5) is 26.3 Å². The molecular weight excluding hydrogens is 772 g/mol. The van der Waals surface area contributed by atoms with Gasteiger partial charge in [0, 0.05) is 19.5 Å². The molecule has 19 nitrogen and oxygen atoms in total. The summed E-state index contributed by atoms with van der Waals surface area (Å²) < 4.78 is 75.3. The van der Waals surface area contributed by atoms with E-state index >= 15 is 0 Å². The molecule has 1 saturated heterocycles. The minimum Gasteiger partial charge on any atom is -0.508 e. The van der Waals surface area contributed by atoms with E-state index in [1.807, 2.05) is 0 Å². The summed E-state index contributed by atoms with van der Waals surface area (Å²) in [6.07, 6.45) is -12.9. The molecule has 7 amide bonds. The second-order valence-corrected chi connectivity index (χ2v) is 12.1. The van der Waals surface area contributed by atoms with Crippen LogP contribution in [0.3, 0.4) is 0 Å². The van der Waals surface area contributed by atoms with Gasteiger partial charge >= 0.3 is 30.1 Å². The van der Waals surface area contributed by atoms with Gasteiger partial charge in [-0.2, -0.15) is 26.3 Å². The number of aromatic hydroxyl groups is 1. The largest absolute Gasteiger partial charge is 0.508 e. The standard InChI is InChI=1S/C31H39F6N9O10/c32-30(33,34)27(55)39-10-2-1-4-18-24(52)43-17(5-3-11-40-29(38)46-28(56)31(35,36)37)23(51)41-14-21(48)42-20(13-22(49)50)26(54)45-19(25(53)44-18)12-15-6-8-16(47)9-7-15/h6-9,17-20,47H,1-5,10-14H2,(H,39,55)(H,41,51)(H,42,48)(H,43,52)(H,44,53)(H,45,54)(H,49,50)(H3,38,40,46,56)/t17-,18-,19+,20-/m0/s1. The molecule has 1 aromatic carbocycles. The van der Waals surface area contributed by atoms with Crippen molar-refractivity contribution in [2.75, 3.05) is 19.6 Å². The quantitative estimate of drug-likeness (QED) is 0.0463. The Hall–Kier alpha value is -6.17. The van der Waals surface area contributed by atoms with Crippen LogP contribution in [0, 0.1) is 5.41 Å². The zero-order valence-corrected chi connectivity index (χ0v) is 29.1. The number of unbranched alkanes of at least 4 members (excludes halogenated alkanes) is 1. The Bertz CT molecular complexity index is 1630. The van der Waals surface area contributed by atoms with E-state index in [9.17, 15) is 74.9 Å². The molecule has 0 aliphatic carbocycles. The van der Waals surface area contributed by atoms with Gasteiger partial charge in [-0.15, -0.1) is 0 Å². The molecule has 56 heavy (non-hydrogen) atoms. The number of carboxylic acids is 1. The van der Waals surface area contributed by atoms with E-state index < -0.39 is 109 Å². The Morgan fingerprint density at radius 3 is 1.80 bits per heavy atom. The maximum atomic E-state index is 13.7. The molecule has 4 atom stereocenters. The lowest BCUT2D eigenvalue weighted by Gasteiger charge is -2.26.